The first-order chi connectivity index (χ1) is 7.18. The Morgan fingerprint density at radius 1 is 1.40 bits per heavy atom. The fourth-order valence-electron chi connectivity index (χ4n) is 1.21. The third kappa shape index (κ3) is 5.70. The predicted molar refractivity (Wildman–Crippen MR) is 66.9 cm³/mol. The van der Waals surface area contributed by atoms with E-state index in [9.17, 15) is 0 Å². The van der Waals surface area contributed by atoms with Gasteiger partial charge in [-0.25, -0.2) is 0 Å². The highest BCUT2D eigenvalue weighted by Crippen LogP contribution is 2.15. The van der Waals surface area contributed by atoms with Crippen molar-refractivity contribution in [1.29, 1.82) is 0 Å². The summed E-state index contributed by atoms with van der Waals surface area (Å²) in [6.07, 6.45) is 0. The number of benzene rings is 1. The lowest BCUT2D eigenvalue weighted by atomic mass is 10.2. The molecule has 0 spiro atoms. The number of nitrogens with one attached hydrogen (secondary N) is 1. The molecular formula is C12H19NOS. The van der Waals surface area contributed by atoms with Crippen LogP contribution in [0.1, 0.15) is 13.8 Å². The molecule has 0 radical (unpaired) electrons. The number of hydrogen-bond acceptors (Lipinski definition) is 3. The quantitative estimate of drug-likeness (QED) is 0.573. The van der Waals surface area contributed by atoms with Gasteiger partial charge in [0.1, 0.15) is 12.4 Å². The van der Waals surface area contributed by atoms with Crippen molar-refractivity contribution in [2.45, 2.75) is 18.7 Å². The molecule has 15 heavy (non-hydrogen) atoms. The minimum Gasteiger partial charge on any atom is -0.492 e. The van der Waals surface area contributed by atoms with Crippen LogP contribution in [0.15, 0.2) is 29.2 Å². The molecule has 1 rings (SSSR count). The molecular weight excluding hydrogens is 206 g/mol. The van der Waals surface area contributed by atoms with E-state index in [0.29, 0.717) is 12.5 Å². The molecule has 0 aromatic heterocycles. The zero-order chi connectivity index (χ0) is 11.1. The van der Waals surface area contributed by atoms with E-state index < -0.39 is 0 Å². The number of hydrogen-bond donors (Lipinski definition) is 2. The van der Waals surface area contributed by atoms with E-state index >= 15 is 0 Å². The largest absolute Gasteiger partial charge is 0.492 e. The lowest BCUT2D eigenvalue weighted by Crippen LogP contribution is -2.24. The maximum Gasteiger partial charge on any atom is 0.120 e. The van der Waals surface area contributed by atoms with Crippen LogP contribution in [0.3, 0.4) is 0 Å². The molecule has 1 aromatic carbocycles. The monoisotopic (exact) mass is 225 g/mol. The molecule has 0 aliphatic carbocycles. The summed E-state index contributed by atoms with van der Waals surface area (Å²) in [6.45, 7) is 7.01. The van der Waals surface area contributed by atoms with Crippen LogP contribution < -0.4 is 10.1 Å². The van der Waals surface area contributed by atoms with Gasteiger partial charge >= 0.3 is 0 Å². The number of thiol groups is 1. The molecule has 1 aromatic rings. The second-order valence-electron chi connectivity index (χ2n) is 3.94. The zero-order valence-electron chi connectivity index (χ0n) is 9.36. The maximum atomic E-state index is 5.56. The lowest BCUT2D eigenvalue weighted by Gasteiger charge is -2.09. The maximum absolute atomic E-state index is 5.56. The first kappa shape index (κ1) is 12.4. The molecule has 0 bridgehead atoms. The molecule has 84 valence electrons. The highest BCUT2D eigenvalue weighted by Gasteiger charge is 1.95. The molecule has 0 atom stereocenters. The Bertz CT molecular complexity index is 289. The average molecular weight is 225 g/mol. The fraction of sp³-hybridized carbons (Fsp3) is 0.500. The van der Waals surface area contributed by atoms with Gasteiger partial charge in [-0.3, -0.25) is 0 Å². The molecule has 0 aliphatic heterocycles. The highest BCUT2D eigenvalue weighted by molar-refractivity contribution is 7.80. The summed E-state index contributed by atoms with van der Waals surface area (Å²) in [5.41, 5.74) is 0. The van der Waals surface area contributed by atoms with E-state index in [-0.39, 0.29) is 0 Å². The summed E-state index contributed by atoms with van der Waals surface area (Å²) >= 11 is 4.25. The molecule has 0 heterocycles. The van der Waals surface area contributed by atoms with Crippen LogP contribution in [-0.4, -0.2) is 19.7 Å². The van der Waals surface area contributed by atoms with E-state index in [1.807, 2.05) is 24.3 Å². The Labute approximate surface area is 97.4 Å². The summed E-state index contributed by atoms with van der Waals surface area (Å²) < 4.78 is 5.56. The Morgan fingerprint density at radius 2 is 2.20 bits per heavy atom. The second kappa shape index (κ2) is 6.75. The zero-order valence-corrected chi connectivity index (χ0v) is 10.3. The van der Waals surface area contributed by atoms with Gasteiger partial charge in [-0.05, 0) is 30.7 Å². The number of ether oxygens (including phenoxy) is 1. The summed E-state index contributed by atoms with van der Waals surface area (Å²) in [7, 11) is 0. The predicted octanol–water partition coefficient (Wildman–Crippen LogP) is 2.60. The van der Waals surface area contributed by atoms with E-state index in [1.54, 1.807) is 0 Å². The van der Waals surface area contributed by atoms with Gasteiger partial charge in [0.05, 0.1) is 0 Å². The van der Waals surface area contributed by atoms with E-state index in [2.05, 4.69) is 31.8 Å². The second-order valence-corrected chi connectivity index (χ2v) is 4.46. The minimum atomic E-state index is 0.686. The fourth-order valence-corrected chi connectivity index (χ4v) is 1.42. The van der Waals surface area contributed by atoms with Gasteiger partial charge < -0.3 is 10.1 Å². The van der Waals surface area contributed by atoms with Crippen LogP contribution in [-0.2, 0) is 0 Å². The van der Waals surface area contributed by atoms with Crippen molar-refractivity contribution >= 4 is 12.6 Å². The Kier molecular flexibility index (Phi) is 5.58. The van der Waals surface area contributed by atoms with Gasteiger partial charge in [0.2, 0.25) is 0 Å². The molecule has 0 fully saturated rings. The van der Waals surface area contributed by atoms with Crippen molar-refractivity contribution in [2.24, 2.45) is 5.92 Å². The first-order valence-electron chi connectivity index (χ1n) is 5.31. The first-order valence-corrected chi connectivity index (χ1v) is 5.76. The Morgan fingerprint density at radius 3 is 2.87 bits per heavy atom. The van der Waals surface area contributed by atoms with Gasteiger partial charge in [-0.2, -0.15) is 0 Å². The van der Waals surface area contributed by atoms with E-state index in [0.717, 1.165) is 23.7 Å². The van der Waals surface area contributed by atoms with Crippen molar-refractivity contribution in [3.05, 3.63) is 24.3 Å². The van der Waals surface area contributed by atoms with Crippen molar-refractivity contribution in [3.8, 4) is 5.75 Å². The standard InChI is InChI=1S/C12H19NOS/c1-10(2)9-13-6-7-14-11-4-3-5-12(15)8-11/h3-5,8,10,13,15H,6-7,9H2,1-2H3. The van der Waals surface area contributed by atoms with Gasteiger partial charge in [0.25, 0.3) is 0 Å². The van der Waals surface area contributed by atoms with Gasteiger partial charge in [0.15, 0.2) is 0 Å². The van der Waals surface area contributed by atoms with Crippen LogP contribution in [0, 0.1) is 5.92 Å². The molecule has 0 amide bonds. The lowest BCUT2D eigenvalue weighted by molar-refractivity contribution is 0.310. The van der Waals surface area contributed by atoms with Crippen molar-refractivity contribution in [2.75, 3.05) is 19.7 Å². The molecule has 2 nitrogen and oxygen atoms in total. The Hall–Kier alpha value is -0.670. The van der Waals surface area contributed by atoms with Crippen molar-refractivity contribution in [3.63, 3.8) is 0 Å². The molecule has 0 saturated heterocycles. The van der Waals surface area contributed by atoms with Crippen LogP contribution in [0.4, 0.5) is 0 Å². The topological polar surface area (TPSA) is 21.3 Å². The third-order valence-corrected chi connectivity index (χ3v) is 2.20. The summed E-state index contributed by atoms with van der Waals surface area (Å²) in [4.78, 5) is 0.933. The Balaban J connectivity index is 2.15. The van der Waals surface area contributed by atoms with Gasteiger partial charge in [-0.1, -0.05) is 19.9 Å². The molecule has 0 saturated carbocycles. The smallest absolute Gasteiger partial charge is 0.120 e. The number of rotatable bonds is 6. The minimum absolute atomic E-state index is 0.686. The van der Waals surface area contributed by atoms with E-state index in [1.165, 1.54) is 0 Å². The molecule has 0 aliphatic rings. The van der Waals surface area contributed by atoms with Crippen LogP contribution >= 0.6 is 12.6 Å². The summed E-state index contributed by atoms with van der Waals surface area (Å²) in [6, 6.07) is 7.75. The summed E-state index contributed by atoms with van der Waals surface area (Å²) in [5, 5.41) is 3.33. The average Bonchev–Trinajstić information content (AvgIpc) is 2.17. The molecule has 3 heteroatoms. The van der Waals surface area contributed by atoms with E-state index in [4.69, 9.17) is 4.74 Å². The van der Waals surface area contributed by atoms with Crippen LogP contribution in [0.2, 0.25) is 0 Å². The summed E-state index contributed by atoms with van der Waals surface area (Å²) in [5.74, 6) is 1.57. The van der Waals surface area contributed by atoms with Crippen LogP contribution in [0.25, 0.3) is 0 Å². The van der Waals surface area contributed by atoms with Gasteiger partial charge in [0, 0.05) is 11.4 Å². The van der Waals surface area contributed by atoms with Gasteiger partial charge in [-0.15, -0.1) is 12.6 Å². The molecule has 0 unspecified atom stereocenters. The third-order valence-electron chi connectivity index (χ3n) is 1.92. The highest BCUT2D eigenvalue weighted by atomic mass is 32.1. The van der Waals surface area contributed by atoms with Crippen molar-refractivity contribution < 1.29 is 4.74 Å². The van der Waals surface area contributed by atoms with Crippen molar-refractivity contribution in [1.82, 2.24) is 5.32 Å². The van der Waals surface area contributed by atoms with Crippen LogP contribution in [0.5, 0.6) is 5.75 Å². The normalized spacial score (nSPS) is 10.7. The molecule has 1 N–H and O–H groups in total. The SMILES string of the molecule is CC(C)CNCCOc1cccc(S)c1.